The van der Waals surface area contributed by atoms with Gasteiger partial charge >= 0.3 is 0 Å². The first-order chi connectivity index (χ1) is 8.16. The Morgan fingerprint density at radius 3 is 2.41 bits per heavy atom. The predicted molar refractivity (Wildman–Crippen MR) is 68.2 cm³/mol. The van der Waals surface area contributed by atoms with Crippen molar-refractivity contribution in [3.8, 4) is 0 Å². The van der Waals surface area contributed by atoms with Crippen molar-refractivity contribution in [1.82, 2.24) is 0 Å². The third kappa shape index (κ3) is 3.13. The van der Waals surface area contributed by atoms with Crippen LogP contribution >= 0.6 is 15.9 Å². The van der Waals surface area contributed by atoms with E-state index in [9.17, 15) is 8.78 Å². The van der Waals surface area contributed by atoms with Gasteiger partial charge in [-0.15, -0.1) is 0 Å². The highest BCUT2D eigenvalue weighted by molar-refractivity contribution is 9.09. The fourth-order valence-electron chi connectivity index (χ4n) is 1.67. The molecule has 0 bridgehead atoms. The number of benzene rings is 2. The van der Waals surface area contributed by atoms with E-state index in [1.54, 1.807) is 0 Å². The van der Waals surface area contributed by atoms with Crippen molar-refractivity contribution in [2.45, 2.75) is 11.2 Å². The summed E-state index contributed by atoms with van der Waals surface area (Å²) >= 11 is 3.49. The molecule has 88 valence electrons. The van der Waals surface area contributed by atoms with Gasteiger partial charge in [0.2, 0.25) is 0 Å². The fraction of sp³-hybridized carbons (Fsp3) is 0.143. The van der Waals surface area contributed by atoms with Crippen LogP contribution in [0.5, 0.6) is 0 Å². The number of hydrogen-bond acceptors (Lipinski definition) is 0. The molecule has 0 amide bonds. The van der Waals surface area contributed by atoms with E-state index in [1.807, 2.05) is 30.3 Å². The molecule has 0 aromatic heterocycles. The molecular weight excluding hydrogens is 286 g/mol. The van der Waals surface area contributed by atoms with Crippen molar-refractivity contribution < 1.29 is 8.78 Å². The Labute approximate surface area is 107 Å². The van der Waals surface area contributed by atoms with Gasteiger partial charge in [0, 0.05) is 4.83 Å². The molecule has 0 saturated heterocycles. The van der Waals surface area contributed by atoms with Crippen LogP contribution in [0.1, 0.15) is 16.0 Å². The quantitative estimate of drug-likeness (QED) is 0.724. The molecule has 0 heterocycles. The lowest BCUT2D eigenvalue weighted by molar-refractivity contribution is 0.584. The molecular formula is C14H11BrF2. The van der Waals surface area contributed by atoms with Crippen molar-refractivity contribution in [2.75, 3.05) is 0 Å². The maximum Gasteiger partial charge on any atom is 0.126 e. The van der Waals surface area contributed by atoms with Gasteiger partial charge in [0.15, 0.2) is 0 Å². The zero-order valence-corrected chi connectivity index (χ0v) is 10.6. The second-order valence-electron chi connectivity index (χ2n) is 3.82. The molecule has 0 nitrogen and oxygen atoms in total. The van der Waals surface area contributed by atoms with Gasteiger partial charge in [-0.3, -0.25) is 0 Å². The Hall–Kier alpha value is -1.22. The zero-order valence-electron chi connectivity index (χ0n) is 9.04. The van der Waals surface area contributed by atoms with E-state index in [0.29, 0.717) is 12.0 Å². The lowest BCUT2D eigenvalue weighted by atomic mass is 10.0. The third-order valence-electron chi connectivity index (χ3n) is 2.57. The van der Waals surface area contributed by atoms with E-state index in [0.717, 1.165) is 17.7 Å². The molecule has 0 aliphatic carbocycles. The topological polar surface area (TPSA) is 0 Å². The van der Waals surface area contributed by atoms with Gasteiger partial charge < -0.3 is 0 Å². The first-order valence-electron chi connectivity index (χ1n) is 5.30. The van der Waals surface area contributed by atoms with Gasteiger partial charge in [-0.2, -0.15) is 0 Å². The highest BCUT2D eigenvalue weighted by Gasteiger charge is 2.11. The normalized spacial score (nSPS) is 12.4. The van der Waals surface area contributed by atoms with Crippen LogP contribution < -0.4 is 0 Å². The molecule has 0 aliphatic rings. The minimum atomic E-state index is -0.408. The number of hydrogen-bond donors (Lipinski definition) is 0. The highest BCUT2D eigenvalue weighted by atomic mass is 79.9. The summed E-state index contributed by atoms with van der Waals surface area (Å²) in [6.45, 7) is 0. The zero-order chi connectivity index (χ0) is 12.3. The molecule has 0 radical (unpaired) electrons. The van der Waals surface area contributed by atoms with Crippen LogP contribution in [0, 0.1) is 11.6 Å². The molecule has 0 spiro atoms. The van der Waals surface area contributed by atoms with Gasteiger partial charge in [0.1, 0.15) is 11.6 Å². The summed E-state index contributed by atoms with van der Waals surface area (Å²) in [4.78, 5) is -0.0139. The predicted octanol–water partition coefficient (Wildman–Crippen LogP) is 4.64. The summed E-state index contributed by atoms with van der Waals surface area (Å²) in [7, 11) is 0. The molecule has 1 atom stereocenters. The van der Waals surface area contributed by atoms with Crippen LogP contribution in [0.4, 0.5) is 8.78 Å². The Morgan fingerprint density at radius 1 is 1.00 bits per heavy atom. The molecule has 2 aromatic rings. The largest absolute Gasteiger partial charge is 0.207 e. The lowest BCUT2D eigenvalue weighted by Gasteiger charge is -2.10. The minimum absolute atomic E-state index is 0.0139. The van der Waals surface area contributed by atoms with Gasteiger partial charge in [0.05, 0.1) is 0 Å². The molecule has 0 fully saturated rings. The smallest absolute Gasteiger partial charge is 0.126 e. The van der Waals surface area contributed by atoms with Crippen molar-refractivity contribution in [1.29, 1.82) is 0 Å². The first-order valence-corrected chi connectivity index (χ1v) is 6.21. The molecule has 0 aliphatic heterocycles. The van der Waals surface area contributed by atoms with Gasteiger partial charge in [-0.05, 0) is 35.7 Å². The SMILES string of the molecule is Fc1ccc(F)c(CC(Br)c2ccccc2)c1. The monoisotopic (exact) mass is 296 g/mol. The van der Waals surface area contributed by atoms with Crippen molar-refractivity contribution in [2.24, 2.45) is 0 Å². The average molecular weight is 297 g/mol. The van der Waals surface area contributed by atoms with E-state index in [4.69, 9.17) is 0 Å². The summed E-state index contributed by atoms with van der Waals surface area (Å²) < 4.78 is 26.5. The molecule has 17 heavy (non-hydrogen) atoms. The van der Waals surface area contributed by atoms with Gasteiger partial charge in [-0.25, -0.2) is 8.78 Å². The summed E-state index contributed by atoms with van der Waals surface area (Å²) in [5.74, 6) is -0.777. The summed E-state index contributed by atoms with van der Waals surface area (Å²) in [5.41, 5.74) is 1.44. The number of alkyl halides is 1. The minimum Gasteiger partial charge on any atom is -0.207 e. The van der Waals surface area contributed by atoms with Crippen LogP contribution in [0.15, 0.2) is 48.5 Å². The number of rotatable bonds is 3. The average Bonchev–Trinajstić information content (AvgIpc) is 2.35. The first kappa shape index (κ1) is 12.2. The van der Waals surface area contributed by atoms with Crippen LogP contribution in [0.3, 0.4) is 0 Å². The molecule has 3 heteroatoms. The Balaban J connectivity index is 2.18. The lowest BCUT2D eigenvalue weighted by Crippen LogP contribution is -1.98. The van der Waals surface area contributed by atoms with Crippen molar-refractivity contribution in [3.63, 3.8) is 0 Å². The van der Waals surface area contributed by atoms with E-state index >= 15 is 0 Å². The molecule has 0 N–H and O–H groups in total. The van der Waals surface area contributed by atoms with Crippen molar-refractivity contribution in [3.05, 3.63) is 71.3 Å². The van der Waals surface area contributed by atoms with Crippen LogP contribution in [0.2, 0.25) is 0 Å². The van der Waals surface area contributed by atoms with Gasteiger partial charge in [0.25, 0.3) is 0 Å². The third-order valence-corrected chi connectivity index (χ3v) is 3.42. The highest BCUT2D eigenvalue weighted by Crippen LogP contribution is 2.27. The van der Waals surface area contributed by atoms with Crippen LogP contribution in [0.25, 0.3) is 0 Å². The molecule has 2 aromatic carbocycles. The Kier molecular flexibility index (Phi) is 3.89. The fourth-order valence-corrected chi connectivity index (χ4v) is 2.33. The number of halogens is 3. The summed E-state index contributed by atoms with van der Waals surface area (Å²) in [6.07, 6.45) is 0.424. The van der Waals surface area contributed by atoms with E-state index in [2.05, 4.69) is 15.9 Å². The Morgan fingerprint density at radius 2 is 1.71 bits per heavy atom. The second kappa shape index (κ2) is 5.41. The Bertz CT molecular complexity index is 497. The molecule has 0 saturated carbocycles. The standard InChI is InChI=1S/C14H11BrF2/c15-13(10-4-2-1-3-5-10)9-11-8-12(16)6-7-14(11)17/h1-8,13H,9H2. The molecule has 2 rings (SSSR count). The van der Waals surface area contributed by atoms with E-state index in [1.165, 1.54) is 6.07 Å². The van der Waals surface area contributed by atoms with E-state index < -0.39 is 5.82 Å². The maximum atomic E-state index is 13.5. The van der Waals surface area contributed by atoms with Crippen LogP contribution in [-0.4, -0.2) is 0 Å². The van der Waals surface area contributed by atoms with E-state index in [-0.39, 0.29) is 10.6 Å². The maximum absolute atomic E-state index is 13.5. The van der Waals surface area contributed by atoms with Crippen molar-refractivity contribution >= 4 is 15.9 Å². The second-order valence-corrected chi connectivity index (χ2v) is 4.92. The summed E-state index contributed by atoms with van der Waals surface area (Å²) in [5, 5.41) is 0. The molecule has 1 unspecified atom stereocenters. The van der Waals surface area contributed by atoms with Crippen LogP contribution in [-0.2, 0) is 6.42 Å². The summed E-state index contributed by atoms with van der Waals surface area (Å²) in [6, 6.07) is 13.2. The van der Waals surface area contributed by atoms with Gasteiger partial charge in [-0.1, -0.05) is 46.3 Å².